The SMILES string of the molecule is COCCN(C)C(=O)/C=C/C1=C(c2ccccc2)N(C)C2N=CN=CC12. The van der Waals surface area contributed by atoms with Crippen molar-refractivity contribution in [1.29, 1.82) is 0 Å². The summed E-state index contributed by atoms with van der Waals surface area (Å²) in [7, 11) is 5.43. The molecule has 2 unspecified atom stereocenters. The van der Waals surface area contributed by atoms with Crippen LogP contribution >= 0.6 is 0 Å². The molecule has 0 spiro atoms. The molecule has 0 aliphatic carbocycles. The first-order valence-corrected chi connectivity index (χ1v) is 8.63. The van der Waals surface area contributed by atoms with E-state index in [1.54, 1.807) is 31.5 Å². The molecule has 0 radical (unpaired) electrons. The third-order valence-corrected chi connectivity index (χ3v) is 4.70. The number of ether oxygens (including phenoxy) is 1. The summed E-state index contributed by atoms with van der Waals surface area (Å²) in [5.41, 5.74) is 3.24. The van der Waals surface area contributed by atoms with E-state index in [-0.39, 0.29) is 18.0 Å². The molecule has 2 aliphatic heterocycles. The summed E-state index contributed by atoms with van der Waals surface area (Å²) >= 11 is 0. The van der Waals surface area contributed by atoms with Gasteiger partial charge in [-0.1, -0.05) is 36.4 Å². The lowest BCUT2D eigenvalue weighted by atomic mass is 9.96. The number of nitrogens with zero attached hydrogens (tertiary/aromatic N) is 4. The Morgan fingerprint density at radius 1 is 1.35 bits per heavy atom. The van der Waals surface area contributed by atoms with Crippen molar-refractivity contribution in [3.63, 3.8) is 0 Å². The molecule has 0 bridgehead atoms. The van der Waals surface area contributed by atoms with Crippen LogP contribution in [0.3, 0.4) is 0 Å². The molecule has 1 aromatic carbocycles. The van der Waals surface area contributed by atoms with Gasteiger partial charge in [-0.25, -0.2) is 9.98 Å². The fourth-order valence-corrected chi connectivity index (χ4v) is 3.27. The van der Waals surface area contributed by atoms with E-state index in [0.717, 1.165) is 16.8 Å². The minimum absolute atomic E-state index is 0.0244. The van der Waals surface area contributed by atoms with Crippen molar-refractivity contribution in [1.82, 2.24) is 9.80 Å². The first-order valence-electron chi connectivity index (χ1n) is 8.63. The fraction of sp³-hybridized carbons (Fsp3) is 0.350. The Bertz CT molecular complexity index is 767. The number of amides is 1. The highest BCUT2D eigenvalue weighted by Crippen LogP contribution is 2.39. The van der Waals surface area contributed by atoms with E-state index in [2.05, 4.69) is 27.0 Å². The maximum absolute atomic E-state index is 12.4. The number of hydrogen-bond acceptors (Lipinski definition) is 5. The van der Waals surface area contributed by atoms with Gasteiger partial charge in [-0.2, -0.15) is 0 Å². The Balaban J connectivity index is 1.92. The molecule has 0 saturated heterocycles. The summed E-state index contributed by atoms with van der Waals surface area (Å²) in [4.78, 5) is 24.9. The summed E-state index contributed by atoms with van der Waals surface area (Å²) in [6, 6.07) is 10.2. The largest absolute Gasteiger partial charge is 0.383 e. The number of benzene rings is 1. The summed E-state index contributed by atoms with van der Waals surface area (Å²) in [5.74, 6) is -0.0159. The molecule has 136 valence electrons. The molecule has 6 heteroatoms. The zero-order valence-corrected chi connectivity index (χ0v) is 15.4. The molecule has 2 aliphatic rings. The van der Waals surface area contributed by atoms with Gasteiger partial charge in [-0.05, 0) is 11.1 Å². The number of methoxy groups -OCH3 is 1. The van der Waals surface area contributed by atoms with Crippen molar-refractivity contribution in [2.45, 2.75) is 6.17 Å². The maximum atomic E-state index is 12.4. The number of carbonyl (C=O) groups is 1. The Morgan fingerprint density at radius 2 is 2.12 bits per heavy atom. The summed E-state index contributed by atoms with van der Waals surface area (Å²) < 4.78 is 5.03. The van der Waals surface area contributed by atoms with Crippen molar-refractivity contribution in [2.75, 3.05) is 34.4 Å². The fourth-order valence-electron chi connectivity index (χ4n) is 3.27. The average molecular weight is 352 g/mol. The van der Waals surface area contributed by atoms with Crippen molar-refractivity contribution >= 4 is 24.2 Å². The van der Waals surface area contributed by atoms with Crippen molar-refractivity contribution in [3.05, 3.63) is 53.6 Å². The van der Waals surface area contributed by atoms with Gasteiger partial charge in [0.1, 0.15) is 12.5 Å². The molecule has 2 atom stereocenters. The summed E-state index contributed by atoms with van der Waals surface area (Å²) in [5, 5.41) is 0. The van der Waals surface area contributed by atoms with E-state index in [1.165, 1.54) is 0 Å². The Hall–Kier alpha value is -2.73. The number of carbonyl (C=O) groups excluding carboxylic acids is 1. The van der Waals surface area contributed by atoms with E-state index in [9.17, 15) is 4.79 Å². The number of hydrogen-bond donors (Lipinski definition) is 0. The van der Waals surface area contributed by atoms with Crippen molar-refractivity contribution in [3.8, 4) is 0 Å². The van der Waals surface area contributed by atoms with E-state index in [0.29, 0.717) is 13.2 Å². The van der Waals surface area contributed by atoms with Gasteiger partial charge in [0.2, 0.25) is 5.91 Å². The van der Waals surface area contributed by atoms with Gasteiger partial charge in [0, 0.05) is 45.7 Å². The Labute approximate surface area is 154 Å². The summed E-state index contributed by atoms with van der Waals surface area (Å²) in [6.07, 6.45) is 7.00. The van der Waals surface area contributed by atoms with Crippen LogP contribution in [0.15, 0.2) is 58.0 Å². The van der Waals surface area contributed by atoms with Gasteiger partial charge >= 0.3 is 0 Å². The zero-order valence-electron chi connectivity index (χ0n) is 15.4. The smallest absolute Gasteiger partial charge is 0.246 e. The first-order chi connectivity index (χ1) is 12.6. The molecule has 1 aromatic rings. The van der Waals surface area contributed by atoms with Crippen LogP contribution in [0.1, 0.15) is 5.56 Å². The molecule has 2 heterocycles. The van der Waals surface area contributed by atoms with Crippen LogP contribution in [0.4, 0.5) is 0 Å². The highest BCUT2D eigenvalue weighted by atomic mass is 16.5. The second-order valence-corrected chi connectivity index (χ2v) is 6.37. The standard InChI is InChI=1S/C20H24N4O2/c1-23(11-12-26-3)18(25)10-9-16-17-13-21-14-22-20(17)24(2)19(16)15-7-5-4-6-8-15/h4-10,13-14,17,20H,11-12H2,1-3H3/b10-9+. The van der Waals surface area contributed by atoms with Crippen molar-refractivity contribution < 1.29 is 9.53 Å². The van der Waals surface area contributed by atoms with Crippen LogP contribution in [0.25, 0.3) is 5.70 Å². The lowest BCUT2D eigenvalue weighted by molar-refractivity contribution is -0.125. The first kappa shape index (κ1) is 18.1. The monoisotopic (exact) mass is 352 g/mol. The highest BCUT2D eigenvalue weighted by molar-refractivity contribution is 5.91. The van der Waals surface area contributed by atoms with Crippen molar-refractivity contribution in [2.24, 2.45) is 15.9 Å². The lowest BCUT2D eigenvalue weighted by Gasteiger charge is -2.25. The number of rotatable bonds is 6. The lowest BCUT2D eigenvalue weighted by Crippen LogP contribution is -2.31. The van der Waals surface area contributed by atoms with Gasteiger partial charge in [0.15, 0.2) is 0 Å². The molecule has 0 fully saturated rings. The van der Waals surface area contributed by atoms with Gasteiger partial charge in [0.05, 0.1) is 12.5 Å². The van der Waals surface area contributed by atoms with E-state index in [1.807, 2.05) is 37.5 Å². The zero-order chi connectivity index (χ0) is 18.5. The van der Waals surface area contributed by atoms with Crippen LogP contribution in [-0.4, -0.2) is 68.8 Å². The Morgan fingerprint density at radius 3 is 2.85 bits per heavy atom. The van der Waals surface area contributed by atoms with Gasteiger partial charge in [-0.15, -0.1) is 0 Å². The van der Waals surface area contributed by atoms with E-state index in [4.69, 9.17) is 4.74 Å². The predicted octanol–water partition coefficient (Wildman–Crippen LogP) is 2.06. The minimum atomic E-state index is -0.0516. The molecular formula is C20H24N4O2. The second kappa shape index (κ2) is 8.10. The number of fused-ring (bicyclic) bond motifs is 1. The minimum Gasteiger partial charge on any atom is -0.383 e. The van der Waals surface area contributed by atoms with Crippen LogP contribution in [-0.2, 0) is 9.53 Å². The van der Waals surface area contributed by atoms with Gasteiger partial charge in [0.25, 0.3) is 0 Å². The van der Waals surface area contributed by atoms with E-state index >= 15 is 0 Å². The number of likely N-dealkylation sites (N-methyl/N-ethyl adjacent to an activating group) is 1. The quantitative estimate of drug-likeness (QED) is 0.737. The van der Waals surface area contributed by atoms with E-state index < -0.39 is 0 Å². The number of aliphatic imine (C=N–C) groups is 2. The molecule has 0 aromatic heterocycles. The maximum Gasteiger partial charge on any atom is 0.246 e. The predicted molar refractivity (Wildman–Crippen MR) is 104 cm³/mol. The normalized spacial score (nSPS) is 21.6. The third-order valence-electron chi connectivity index (χ3n) is 4.70. The van der Waals surface area contributed by atoms with Crippen LogP contribution in [0.2, 0.25) is 0 Å². The molecule has 6 nitrogen and oxygen atoms in total. The molecule has 3 rings (SSSR count). The average Bonchev–Trinajstić information content (AvgIpc) is 2.97. The molecule has 0 saturated carbocycles. The second-order valence-electron chi connectivity index (χ2n) is 6.37. The topological polar surface area (TPSA) is 57.5 Å². The third kappa shape index (κ3) is 3.60. The molecule has 26 heavy (non-hydrogen) atoms. The number of allylic oxidation sites excluding steroid dienone is 1. The van der Waals surface area contributed by atoms with Crippen LogP contribution in [0, 0.1) is 5.92 Å². The molecule has 1 amide bonds. The van der Waals surface area contributed by atoms with Crippen LogP contribution in [0.5, 0.6) is 0 Å². The van der Waals surface area contributed by atoms with Crippen LogP contribution < -0.4 is 0 Å². The highest BCUT2D eigenvalue weighted by Gasteiger charge is 2.37. The summed E-state index contributed by atoms with van der Waals surface area (Å²) in [6.45, 7) is 1.07. The molecule has 0 N–H and O–H groups in total. The Kier molecular flexibility index (Phi) is 5.63. The molecular weight excluding hydrogens is 328 g/mol. The van der Waals surface area contributed by atoms with Gasteiger partial charge in [-0.3, -0.25) is 4.79 Å². The van der Waals surface area contributed by atoms with Gasteiger partial charge < -0.3 is 14.5 Å².